The number of aliphatic imine (C=N–C) groups is 1. The van der Waals surface area contributed by atoms with Crippen LogP contribution in [0.4, 0.5) is 20.6 Å². The average Bonchev–Trinajstić information content (AvgIpc) is 3.20. The molecule has 32 heavy (non-hydrogen) atoms. The third kappa shape index (κ3) is 4.41. The molecule has 1 fully saturated rings. The number of aromatic nitrogens is 2. The molecule has 0 atom stereocenters. The molecule has 0 unspecified atom stereocenters. The Labute approximate surface area is 183 Å². The van der Waals surface area contributed by atoms with E-state index < -0.39 is 11.9 Å². The summed E-state index contributed by atoms with van der Waals surface area (Å²) in [6, 6.07) is 14.6. The second-order valence-electron chi connectivity index (χ2n) is 7.10. The van der Waals surface area contributed by atoms with Gasteiger partial charge in [-0.15, -0.1) is 0 Å². The third-order valence-electron chi connectivity index (χ3n) is 4.67. The molecule has 0 bridgehead atoms. The van der Waals surface area contributed by atoms with Crippen LogP contribution in [0.15, 0.2) is 82.4 Å². The number of hydrogen-bond acceptors (Lipinski definition) is 6. The lowest BCUT2D eigenvalue weighted by atomic mass is 10.2. The molecule has 0 spiro atoms. The number of nitrogens with two attached hydrogens (primary N) is 1. The maximum Gasteiger partial charge on any atom is 0.414 e. The number of hydrogen-bond donors (Lipinski definition) is 1. The van der Waals surface area contributed by atoms with Crippen molar-refractivity contribution in [1.29, 1.82) is 0 Å². The molecule has 2 heterocycles. The Bertz CT molecular complexity index is 1280. The van der Waals surface area contributed by atoms with Crippen molar-refractivity contribution in [2.75, 3.05) is 18.1 Å². The molecule has 1 amide bonds. The van der Waals surface area contributed by atoms with Crippen molar-refractivity contribution in [2.45, 2.75) is 6.92 Å². The summed E-state index contributed by atoms with van der Waals surface area (Å²) in [6.07, 6.45) is 2.39. The molecule has 162 valence electrons. The van der Waals surface area contributed by atoms with Gasteiger partial charge in [-0.2, -0.15) is 5.10 Å². The lowest BCUT2D eigenvalue weighted by molar-refractivity contribution is 0.181. The number of anilines is 1. The standard InChI is InChI=1S/C23H20FN5O3/c1-15(25)13-19(26-16-5-3-2-4-6-16)22-21(30)9-10-29(27-22)20-8-7-17(14-18(20)24)28-11-12-32-23(28)31/h2-10,13-14H,11-12,25H2,1H3. The topological polar surface area (TPSA) is 103 Å². The first-order valence-corrected chi connectivity index (χ1v) is 9.84. The van der Waals surface area contributed by atoms with E-state index in [-0.39, 0.29) is 29.1 Å². The lowest BCUT2D eigenvalue weighted by Gasteiger charge is -2.15. The fraction of sp³-hybridized carbons (Fsp3) is 0.130. The average molecular weight is 433 g/mol. The zero-order chi connectivity index (χ0) is 22.7. The predicted molar refractivity (Wildman–Crippen MR) is 119 cm³/mol. The van der Waals surface area contributed by atoms with Crippen molar-refractivity contribution in [3.8, 4) is 5.69 Å². The van der Waals surface area contributed by atoms with Crippen molar-refractivity contribution >= 4 is 23.2 Å². The molecule has 0 saturated carbocycles. The second-order valence-corrected chi connectivity index (χ2v) is 7.10. The summed E-state index contributed by atoms with van der Waals surface area (Å²) in [7, 11) is 0. The fourth-order valence-electron chi connectivity index (χ4n) is 3.21. The maximum atomic E-state index is 14.9. The quantitative estimate of drug-likeness (QED) is 0.622. The van der Waals surface area contributed by atoms with E-state index in [1.807, 2.05) is 18.2 Å². The van der Waals surface area contributed by atoms with E-state index in [0.717, 1.165) is 0 Å². The van der Waals surface area contributed by atoms with Gasteiger partial charge < -0.3 is 10.5 Å². The normalized spacial score (nSPS) is 14.6. The van der Waals surface area contributed by atoms with E-state index in [1.165, 1.54) is 34.0 Å². The number of cyclic esters (lactones) is 1. The summed E-state index contributed by atoms with van der Waals surface area (Å²) in [6.45, 7) is 2.27. The van der Waals surface area contributed by atoms with Crippen LogP contribution in [0.25, 0.3) is 5.69 Å². The first kappa shape index (κ1) is 21.0. The minimum Gasteiger partial charge on any atom is -0.447 e. The highest BCUT2D eigenvalue weighted by Gasteiger charge is 2.24. The van der Waals surface area contributed by atoms with Crippen LogP contribution in [0.1, 0.15) is 12.6 Å². The van der Waals surface area contributed by atoms with Gasteiger partial charge in [-0.3, -0.25) is 9.69 Å². The number of benzene rings is 2. The number of nitrogens with zero attached hydrogens (tertiary/aromatic N) is 4. The van der Waals surface area contributed by atoms with Gasteiger partial charge in [0.1, 0.15) is 12.3 Å². The summed E-state index contributed by atoms with van der Waals surface area (Å²) < 4.78 is 21.1. The Kier molecular flexibility index (Phi) is 5.80. The van der Waals surface area contributed by atoms with E-state index in [4.69, 9.17) is 10.5 Å². The Hall–Kier alpha value is -4.27. The molecule has 2 N–H and O–H groups in total. The lowest BCUT2D eigenvalue weighted by Crippen LogP contribution is -2.24. The van der Waals surface area contributed by atoms with E-state index >= 15 is 0 Å². The van der Waals surface area contributed by atoms with Crippen molar-refractivity contribution < 1.29 is 13.9 Å². The van der Waals surface area contributed by atoms with Crippen molar-refractivity contribution in [1.82, 2.24) is 9.78 Å². The predicted octanol–water partition coefficient (Wildman–Crippen LogP) is 3.31. The maximum absolute atomic E-state index is 14.9. The first-order valence-electron chi connectivity index (χ1n) is 9.84. The molecule has 9 heteroatoms. The van der Waals surface area contributed by atoms with Gasteiger partial charge in [-0.05, 0) is 43.3 Å². The molecule has 1 aromatic heterocycles. The van der Waals surface area contributed by atoms with Gasteiger partial charge in [0.25, 0.3) is 0 Å². The van der Waals surface area contributed by atoms with Crippen LogP contribution in [0.5, 0.6) is 0 Å². The van der Waals surface area contributed by atoms with Crippen LogP contribution < -0.4 is 16.1 Å². The number of carbonyl (C=O) groups is 1. The molecular weight excluding hydrogens is 413 g/mol. The highest BCUT2D eigenvalue weighted by atomic mass is 19.1. The molecular formula is C23H20FN5O3. The number of halogens is 1. The zero-order valence-corrected chi connectivity index (χ0v) is 17.2. The fourth-order valence-corrected chi connectivity index (χ4v) is 3.21. The van der Waals surface area contributed by atoms with Crippen LogP contribution in [0, 0.1) is 5.82 Å². The number of allylic oxidation sites excluding steroid dienone is 2. The second kappa shape index (κ2) is 8.84. The number of para-hydroxylation sites is 1. The van der Waals surface area contributed by atoms with Crippen LogP contribution in [0.3, 0.4) is 0 Å². The van der Waals surface area contributed by atoms with Crippen LogP contribution in [0.2, 0.25) is 0 Å². The Morgan fingerprint density at radius 3 is 2.62 bits per heavy atom. The smallest absolute Gasteiger partial charge is 0.414 e. The van der Waals surface area contributed by atoms with Crippen LogP contribution in [-0.4, -0.2) is 34.7 Å². The zero-order valence-electron chi connectivity index (χ0n) is 17.2. The van der Waals surface area contributed by atoms with Gasteiger partial charge in [-0.25, -0.2) is 18.9 Å². The minimum absolute atomic E-state index is 0.0211. The highest BCUT2D eigenvalue weighted by Crippen LogP contribution is 2.23. The Morgan fingerprint density at radius 1 is 1.19 bits per heavy atom. The van der Waals surface area contributed by atoms with Crippen molar-refractivity contribution in [3.63, 3.8) is 0 Å². The van der Waals surface area contributed by atoms with Gasteiger partial charge in [0.05, 0.1) is 23.6 Å². The molecule has 0 aliphatic carbocycles. The van der Waals surface area contributed by atoms with E-state index in [9.17, 15) is 14.0 Å². The van der Waals surface area contributed by atoms with Crippen LogP contribution >= 0.6 is 0 Å². The van der Waals surface area contributed by atoms with Crippen LogP contribution in [-0.2, 0) is 4.74 Å². The molecule has 3 aromatic rings. The summed E-state index contributed by atoms with van der Waals surface area (Å²) in [4.78, 5) is 30.2. The minimum atomic E-state index is -0.614. The summed E-state index contributed by atoms with van der Waals surface area (Å²) in [5.41, 5.74) is 7.26. The monoisotopic (exact) mass is 433 g/mol. The molecule has 1 saturated heterocycles. The molecule has 1 aliphatic heterocycles. The van der Waals surface area contributed by atoms with Gasteiger partial charge >= 0.3 is 6.09 Å². The number of ether oxygens (including phenoxy) is 1. The third-order valence-corrected chi connectivity index (χ3v) is 4.67. The van der Waals surface area contributed by atoms with Crippen molar-refractivity contribution in [2.24, 2.45) is 10.7 Å². The number of carbonyl (C=O) groups excluding carboxylic acids is 1. The van der Waals surface area contributed by atoms with E-state index in [2.05, 4.69) is 10.1 Å². The molecule has 1 aliphatic rings. The van der Waals surface area contributed by atoms with Gasteiger partial charge in [0.2, 0.25) is 5.43 Å². The van der Waals surface area contributed by atoms with E-state index in [0.29, 0.717) is 23.6 Å². The molecule has 4 rings (SSSR count). The SMILES string of the molecule is CC(N)=CC(=Nc1ccccc1)c1nn(-c2ccc(N3CCOC3=O)cc2F)ccc1=O. The Balaban J connectivity index is 1.77. The summed E-state index contributed by atoms with van der Waals surface area (Å²) in [5, 5.41) is 4.32. The van der Waals surface area contributed by atoms with Gasteiger partial charge in [0.15, 0.2) is 11.5 Å². The largest absolute Gasteiger partial charge is 0.447 e. The van der Waals surface area contributed by atoms with Crippen molar-refractivity contribution in [3.05, 3.63) is 94.3 Å². The Morgan fingerprint density at radius 2 is 1.97 bits per heavy atom. The van der Waals surface area contributed by atoms with Gasteiger partial charge in [0, 0.05) is 18.0 Å². The molecule has 2 aromatic carbocycles. The summed E-state index contributed by atoms with van der Waals surface area (Å²) >= 11 is 0. The first-order chi connectivity index (χ1) is 15.4. The van der Waals surface area contributed by atoms with E-state index in [1.54, 1.807) is 31.2 Å². The number of rotatable bonds is 5. The number of amides is 1. The summed E-state index contributed by atoms with van der Waals surface area (Å²) in [5.74, 6) is -0.614. The highest BCUT2D eigenvalue weighted by molar-refractivity contribution is 6.08. The molecule has 8 nitrogen and oxygen atoms in total. The molecule has 0 radical (unpaired) electrons. The van der Waals surface area contributed by atoms with Gasteiger partial charge in [-0.1, -0.05) is 18.2 Å².